The minimum Gasteiger partial charge on any atom is -0.471 e. The maximum Gasteiger partial charge on any atom is 0.320 e. The predicted molar refractivity (Wildman–Crippen MR) is 126 cm³/mol. The van der Waals surface area contributed by atoms with Gasteiger partial charge in [-0.1, -0.05) is 15.9 Å². The van der Waals surface area contributed by atoms with Crippen LogP contribution < -0.4 is 26.4 Å². The van der Waals surface area contributed by atoms with Crippen molar-refractivity contribution in [2.75, 3.05) is 18.4 Å². The number of carbonyl (C=O) groups excluding carboxylic acids is 3. The number of benzene rings is 1. The number of hydrogen-bond donors (Lipinski definition) is 6. The predicted octanol–water partition coefficient (Wildman–Crippen LogP) is 1.62. The fourth-order valence-corrected chi connectivity index (χ4v) is 3.99. The SMILES string of the molecule is CCNC(=O)CC(O)CC(O)CNC(=O)Nc1snc(OCc2c(F)cc(Br)cc2F)c1C(N)=O. The van der Waals surface area contributed by atoms with Gasteiger partial charge in [-0.15, -0.1) is 0 Å². The lowest BCUT2D eigenvalue weighted by atomic mass is 10.1. The van der Waals surface area contributed by atoms with Crippen molar-refractivity contribution in [1.29, 1.82) is 0 Å². The van der Waals surface area contributed by atoms with E-state index < -0.39 is 48.0 Å². The van der Waals surface area contributed by atoms with Gasteiger partial charge < -0.3 is 31.3 Å². The third kappa shape index (κ3) is 8.69. The number of ether oxygens (including phenoxy) is 1. The summed E-state index contributed by atoms with van der Waals surface area (Å²) in [6.07, 6.45) is -2.62. The van der Waals surface area contributed by atoms with Crippen molar-refractivity contribution in [3.05, 3.63) is 39.4 Å². The molecule has 0 spiro atoms. The van der Waals surface area contributed by atoms with Crippen LogP contribution in [0.15, 0.2) is 16.6 Å². The van der Waals surface area contributed by atoms with Crippen molar-refractivity contribution in [3.8, 4) is 5.88 Å². The van der Waals surface area contributed by atoms with Crippen LogP contribution >= 0.6 is 27.5 Å². The molecule has 0 saturated carbocycles. The third-order valence-electron chi connectivity index (χ3n) is 4.43. The fraction of sp³-hybridized carbons (Fsp3) is 0.400. The number of urea groups is 1. The van der Waals surface area contributed by atoms with Gasteiger partial charge in [-0.25, -0.2) is 13.6 Å². The molecule has 1 aromatic carbocycles. The van der Waals surface area contributed by atoms with Gasteiger partial charge in [0.25, 0.3) is 5.91 Å². The number of rotatable bonds is 12. The lowest BCUT2D eigenvalue weighted by Gasteiger charge is -2.16. The van der Waals surface area contributed by atoms with Crippen LogP contribution in [-0.4, -0.2) is 57.7 Å². The molecule has 0 aliphatic heterocycles. The molecule has 15 heteroatoms. The minimum atomic E-state index is -1.16. The van der Waals surface area contributed by atoms with Gasteiger partial charge in [0.05, 0.1) is 24.2 Å². The van der Waals surface area contributed by atoms with Gasteiger partial charge in [-0.05, 0) is 30.6 Å². The van der Waals surface area contributed by atoms with Gasteiger partial charge in [0.15, 0.2) is 0 Å². The number of halogens is 3. The summed E-state index contributed by atoms with van der Waals surface area (Å²) in [7, 11) is 0. The van der Waals surface area contributed by atoms with Gasteiger partial charge in [0, 0.05) is 24.0 Å². The quantitative estimate of drug-likeness (QED) is 0.221. The third-order valence-corrected chi connectivity index (χ3v) is 5.63. The summed E-state index contributed by atoms with van der Waals surface area (Å²) in [5, 5.41) is 26.9. The number of aromatic nitrogens is 1. The number of hydrogen-bond acceptors (Lipinski definition) is 8. The number of primary amides is 1. The number of amides is 4. The lowest BCUT2D eigenvalue weighted by Crippen LogP contribution is -2.37. The number of nitrogens with one attached hydrogen (secondary N) is 3. The first-order chi connectivity index (χ1) is 16.5. The molecule has 4 amide bonds. The van der Waals surface area contributed by atoms with E-state index in [0.717, 1.165) is 12.1 Å². The molecule has 7 N–H and O–H groups in total. The topological polar surface area (TPSA) is 176 Å². The number of carbonyl (C=O) groups is 3. The van der Waals surface area contributed by atoms with Gasteiger partial charge in [0.1, 0.15) is 28.8 Å². The van der Waals surface area contributed by atoms with Gasteiger partial charge in [0.2, 0.25) is 11.8 Å². The standard InChI is InChI=1S/C20H24BrF2N5O6S/c1-2-25-15(31)6-10(29)5-11(30)7-26-20(33)27-19-16(17(24)32)18(28-35-19)34-8-12-13(22)3-9(21)4-14(12)23/h3-4,10-11,29-30H,2,5-8H2,1H3,(H2,24,32)(H,25,31)(H2,26,27,33). The molecule has 1 aromatic heterocycles. The molecule has 35 heavy (non-hydrogen) atoms. The molecule has 2 unspecified atom stereocenters. The molecule has 2 rings (SSSR count). The Morgan fingerprint density at radius 2 is 1.86 bits per heavy atom. The molecule has 0 saturated heterocycles. The summed E-state index contributed by atoms with van der Waals surface area (Å²) in [5.74, 6) is -3.45. The van der Waals surface area contributed by atoms with E-state index in [2.05, 4.69) is 36.3 Å². The van der Waals surface area contributed by atoms with Crippen LogP contribution in [0.4, 0.5) is 18.6 Å². The molecule has 11 nitrogen and oxygen atoms in total. The molecule has 0 radical (unpaired) electrons. The summed E-state index contributed by atoms with van der Waals surface area (Å²) in [6, 6.07) is 1.26. The second-order valence-electron chi connectivity index (χ2n) is 7.23. The van der Waals surface area contributed by atoms with Crippen LogP contribution in [0.1, 0.15) is 35.7 Å². The molecular weight excluding hydrogens is 556 g/mol. The summed E-state index contributed by atoms with van der Waals surface area (Å²) in [5.41, 5.74) is 4.64. The smallest absolute Gasteiger partial charge is 0.320 e. The number of nitrogens with zero attached hydrogens (tertiary/aromatic N) is 1. The van der Waals surface area contributed by atoms with Gasteiger partial charge in [-0.2, -0.15) is 4.37 Å². The van der Waals surface area contributed by atoms with Crippen molar-refractivity contribution >= 4 is 50.3 Å². The number of aliphatic hydroxyl groups excluding tert-OH is 2. The molecule has 192 valence electrons. The summed E-state index contributed by atoms with van der Waals surface area (Å²) >= 11 is 3.61. The zero-order valence-electron chi connectivity index (χ0n) is 18.4. The van der Waals surface area contributed by atoms with E-state index in [1.54, 1.807) is 6.92 Å². The van der Waals surface area contributed by atoms with E-state index in [-0.39, 0.29) is 46.2 Å². The van der Waals surface area contributed by atoms with E-state index in [1.165, 1.54) is 0 Å². The minimum absolute atomic E-state index is 0.0903. The van der Waals surface area contributed by atoms with Gasteiger partial charge >= 0.3 is 6.03 Å². The first kappa shape index (κ1) is 28.4. The monoisotopic (exact) mass is 579 g/mol. The first-order valence-electron chi connectivity index (χ1n) is 10.2. The second-order valence-corrected chi connectivity index (χ2v) is 8.92. The summed E-state index contributed by atoms with van der Waals surface area (Å²) in [4.78, 5) is 35.5. The summed E-state index contributed by atoms with van der Waals surface area (Å²) in [6.45, 7) is 1.27. The molecule has 0 bridgehead atoms. The number of anilines is 1. The van der Waals surface area contributed by atoms with E-state index >= 15 is 0 Å². The Hall–Kier alpha value is -2.88. The summed E-state index contributed by atoms with van der Waals surface area (Å²) < 4.78 is 37.3. The molecule has 0 aliphatic rings. The Kier molecular flexibility index (Phi) is 10.8. The molecule has 0 aliphatic carbocycles. The Morgan fingerprint density at radius 3 is 2.46 bits per heavy atom. The van der Waals surface area contributed by atoms with Crippen molar-refractivity contribution in [2.45, 2.75) is 38.6 Å². The maximum atomic E-state index is 14.0. The number of aliphatic hydroxyl groups is 2. The largest absolute Gasteiger partial charge is 0.471 e. The molecule has 0 fully saturated rings. The van der Waals surface area contributed by atoms with Crippen LogP contribution in [0.25, 0.3) is 0 Å². The normalized spacial score (nSPS) is 12.5. The number of nitrogens with two attached hydrogens (primary N) is 1. The van der Waals surface area contributed by atoms with E-state index in [9.17, 15) is 33.4 Å². The fourth-order valence-electron chi connectivity index (χ4n) is 2.85. The van der Waals surface area contributed by atoms with E-state index in [4.69, 9.17) is 10.5 Å². The van der Waals surface area contributed by atoms with Crippen LogP contribution in [0.5, 0.6) is 5.88 Å². The average molecular weight is 580 g/mol. The van der Waals surface area contributed by atoms with Crippen molar-refractivity contribution in [3.63, 3.8) is 0 Å². The molecular formula is C20H24BrF2N5O6S. The molecule has 1 heterocycles. The van der Waals surface area contributed by atoms with Crippen molar-refractivity contribution < 1.29 is 38.1 Å². The highest BCUT2D eigenvalue weighted by atomic mass is 79.9. The van der Waals surface area contributed by atoms with Gasteiger partial charge in [-0.3, -0.25) is 14.9 Å². The second kappa shape index (κ2) is 13.3. The van der Waals surface area contributed by atoms with Crippen molar-refractivity contribution in [1.82, 2.24) is 15.0 Å². The Balaban J connectivity index is 1.94. The van der Waals surface area contributed by atoms with Crippen LogP contribution in [-0.2, 0) is 11.4 Å². The lowest BCUT2D eigenvalue weighted by molar-refractivity contribution is -0.123. The Morgan fingerprint density at radius 1 is 1.20 bits per heavy atom. The highest BCUT2D eigenvalue weighted by molar-refractivity contribution is 9.10. The maximum absolute atomic E-state index is 14.0. The first-order valence-corrected chi connectivity index (χ1v) is 11.8. The van der Waals surface area contributed by atoms with Crippen LogP contribution in [0.3, 0.4) is 0 Å². The highest BCUT2D eigenvalue weighted by Crippen LogP contribution is 2.31. The van der Waals surface area contributed by atoms with E-state index in [0.29, 0.717) is 18.1 Å². The van der Waals surface area contributed by atoms with Crippen LogP contribution in [0.2, 0.25) is 0 Å². The zero-order valence-corrected chi connectivity index (χ0v) is 20.8. The Bertz CT molecular complexity index is 1050. The average Bonchev–Trinajstić information content (AvgIpc) is 3.14. The molecule has 2 aromatic rings. The Labute approximate surface area is 211 Å². The highest BCUT2D eigenvalue weighted by Gasteiger charge is 2.23. The molecule has 2 atom stereocenters. The van der Waals surface area contributed by atoms with E-state index in [1.807, 2.05) is 0 Å². The zero-order chi connectivity index (χ0) is 26.1. The van der Waals surface area contributed by atoms with Crippen LogP contribution in [0, 0.1) is 11.6 Å². The van der Waals surface area contributed by atoms with Crippen molar-refractivity contribution in [2.24, 2.45) is 5.73 Å².